The van der Waals surface area contributed by atoms with Gasteiger partial charge in [-0.05, 0) is 42.7 Å². The van der Waals surface area contributed by atoms with Crippen LogP contribution in [-0.2, 0) is 11.2 Å². The highest BCUT2D eigenvalue weighted by Gasteiger charge is 2.25. The molecule has 0 saturated heterocycles. The molecule has 5 heteroatoms. The fourth-order valence-electron chi connectivity index (χ4n) is 2.94. The first-order valence-electron chi connectivity index (χ1n) is 7.30. The Morgan fingerprint density at radius 1 is 1.35 bits per heavy atom. The zero-order chi connectivity index (χ0) is 16.4. The molecule has 3 rings (SSSR count). The van der Waals surface area contributed by atoms with Crippen molar-refractivity contribution in [2.24, 2.45) is 5.73 Å². The summed E-state index contributed by atoms with van der Waals surface area (Å²) in [5.74, 6) is 0.569. The van der Waals surface area contributed by atoms with E-state index in [1.165, 1.54) is 12.1 Å². The number of ether oxygens (including phenoxy) is 2. The minimum Gasteiger partial charge on any atom is -0.457 e. The molecule has 0 radical (unpaired) electrons. The SMILES string of the molecule is CO[C@@H]1CCc2c(Oc3ccc(C#N)c(C(N)=O)c3)cccc21. The van der Waals surface area contributed by atoms with Gasteiger partial charge in [0.05, 0.1) is 23.3 Å². The van der Waals surface area contributed by atoms with Gasteiger partial charge in [0.15, 0.2) is 0 Å². The highest BCUT2D eigenvalue weighted by atomic mass is 16.5. The van der Waals surface area contributed by atoms with Gasteiger partial charge in [-0.1, -0.05) is 12.1 Å². The molecule has 23 heavy (non-hydrogen) atoms. The van der Waals surface area contributed by atoms with Crippen LogP contribution in [0.4, 0.5) is 0 Å². The van der Waals surface area contributed by atoms with E-state index in [9.17, 15) is 4.79 Å². The van der Waals surface area contributed by atoms with E-state index in [-0.39, 0.29) is 17.2 Å². The number of methoxy groups -OCH3 is 1. The molecule has 2 aromatic carbocycles. The Morgan fingerprint density at radius 3 is 2.87 bits per heavy atom. The van der Waals surface area contributed by atoms with Crippen molar-refractivity contribution in [3.8, 4) is 17.6 Å². The minimum absolute atomic E-state index is 0.0932. The van der Waals surface area contributed by atoms with Gasteiger partial charge in [0.25, 0.3) is 0 Å². The average molecular weight is 308 g/mol. The Bertz CT molecular complexity index is 808. The molecular formula is C18H16N2O3. The van der Waals surface area contributed by atoms with E-state index in [1.54, 1.807) is 13.2 Å². The zero-order valence-electron chi connectivity index (χ0n) is 12.7. The van der Waals surface area contributed by atoms with E-state index in [0.29, 0.717) is 5.75 Å². The number of primary amides is 1. The molecule has 0 aliphatic heterocycles. The lowest BCUT2D eigenvalue weighted by Gasteiger charge is -2.13. The van der Waals surface area contributed by atoms with Crippen molar-refractivity contribution in [2.45, 2.75) is 18.9 Å². The van der Waals surface area contributed by atoms with Crippen molar-refractivity contribution in [3.05, 3.63) is 58.7 Å². The monoisotopic (exact) mass is 308 g/mol. The fraction of sp³-hybridized carbons (Fsp3) is 0.222. The summed E-state index contributed by atoms with van der Waals surface area (Å²) in [6.07, 6.45) is 1.89. The van der Waals surface area contributed by atoms with Crippen LogP contribution in [0, 0.1) is 11.3 Å². The van der Waals surface area contributed by atoms with E-state index >= 15 is 0 Å². The van der Waals surface area contributed by atoms with E-state index in [0.717, 1.165) is 29.7 Å². The van der Waals surface area contributed by atoms with Crippen LogP contribution in [-0.4, -0.2) is 13.0 Å². The molecule has 2 N–H and O–H groups in total. The number of amides is 1. The first kappa shape index (κ1) is 15.1. The highest BCUT2D eigenvalue weighted by Crippen LogP contribution is 2.40. The van der Waals surface area contributed by atoms with Crippen LogP contribution in [0.25, 0.3) is 0 Å². The van der Waals surface area contributed by atoms with Crippen molar-refractivity contribution < 1.29 is 14.3 Å². The van der Waals surface area contributed by atoms with Gasteiger partial charge < -0.3 is 15.2 Å². The van der Waals surface area contributed by atoms with Crippen LogP contribution in [0.1, 0.15) is 39.6 Å². The average Bonchev–Trinajstić information content (AvgIpc) is 2.99. The molecule has 0 fully saturated rings. The van der Waals surface area contributed by atoms with Gasteiger partial charge in [0.2, 0.25) is 5.91 Å². The van der Waals surface area contributed by atoms with Crippen LogP contribution in [0.15, 0.2) is 36.4 Å². The number of hydrogen-bond acceptors (Lipinski definition) is 4. The van der Waals surface area contributed by atoms with Crippen molar-refractivity contribution in [1.82, 2.24) is 0 Å². The van der Waals surface area contributed by atoms with E-state index in [2.05, 4.69) is 0 Å². The summed E-state index contributed by atoms with van der Waals surface area (Å²) in [6.45, 7) is 0. The second kappa shape index (κ2) is 6.11. The summed E-state index contributed by atoms with van der Waals surface area (Å²) in [5.41, 5.74) is 7.96. The summed E-state index contributed by atoms with van der Waals surface area (Å²) in [5, 5.41) is 9.02. The van der Waals surface area contributed by atoms with Crippen LogP contribution in [0.2, 0.25) is 0 Å². The summed E-state index contributed by atoms with van der Waals surface area (Å²) in [4.78, 5) is 11.5. The van der Waals surface area contributed by atoms with Gasteiger partial charge in [-0.25, -0.2) is 0 Å². The molecule has 0 unspecified atom stereocenters. The Morgan fingerprint density at radius 2 is 2.17 bits per heavy atom. The third-order valence-electron chi connectivity index (χ3n) is 4.06. The zero-order valence-corrected chi connectivity index (χ0v) is 12.7. The van der Waals surface area contributed by atoms with Crippen LogP contribution in [0.5, 0.6) is 11.5 Å². The number of hydrogen-bond donors (Lipinski definition) is 1. The quantitative estimate of drug-likeness (QED) is 0.940. The lowest BCUT2D eigenvalue weighted by molar-refractivity contribution is 0.0999. The number of carbonyl (C=O) groups excluding carboxylic acids is 1. The molecule has 0 saturated carbocycles. The number of benzene rings is 2. The van der Waals surface area contributed by atoms with Crippen LogP contribution < -0.4 is 10.5 Å². The highest BCUT2D eigenvalue weighted by molar-refractivity contribution is 5.95. The lowest BCUT2D eigenvalue weighted by Crippen LogP contribution is -2.12. The van der Waals surface area contributed by atoms with Crippen molar-refractivity contribution in [1.29, 1.82) is 5.26 Å². The largest absolute Gasteiger partial charge is 0.457 e. The maximum absolute atomic E-state index is 11.5. The third-order valence-corrected chi connectivity index (χ3v) is 4.06. The second-order valence-electron chi connectivity index (χ2n) is 5.37. The van der Waals surface area contributed by atoms with Gasteiger partial charge in [-0.2, -0.15) is 5.26 Å². The van der Waals surface area contributed by atoms with E-state index in [4.69, 9.17) is 20.5 Å². The predicted molar refractivity (Wildman–Crippen MR) is 84.3 cm³/mol. The predicted octanol–water partition coefficient (Wildman–Crippen LogP) is 3.08. The molecule has 0 spiro atoms. The summed E-state index contributed by atoms with van der Waals surface area (Å²) >= 11 is 0. The maximum atomic E-state index is 11.5. The number of nitriles is 1. The topological polar surface area (TPSA) is 85.3 Å². The van der Waals surface area contributed by atoms with Gasteiger partial charge in [0.1, 0.15) is 11.5 Å². The molecule has 0 bridgehead atoms. The van der Waals surface area contributed by atoms with Gasteiger partial charge in [0, 0.05) is 12.7 Å². The molecule has 1 aliphatic carbocycles. The number of rotatable bonds is 4. The van der Waals surface area contributed by atoms with E-state index < -0.39 is 5.91 Å². The number of fused-ring (bicyclic) bond motifs is 1. The molecule has 1 atom stereocenters. The normalized spacial score (nSPS) is 15.7. The van der Waals surface area contributed by atoms with Gasteiger partial charge >= 0.3 is 0 Å². The number of carbonyl (C=O) groups is 1. The van der Waals surface area contributed by atoms with Crippen molar-refractivity contribution in [3.63, 3.8) is 0 Å². The Kier molecular flexibility index (Phi) is 4.00. The standard InChI is InChI=1S/C18H16N2O3/c1-22-16-8-7-14-13(16)3-2-4-17(14)23-12-6-5-11(10-19)15(9-12)18(20)21/h2-6,9,16H,7-8H2,1H3,(H2,20,21)/t16-/m1/s1. The molecule has 0 heterocycles. The minimum atomic E-state index is -0.648. The fourth-order valence-corrected chi connectivity index (χ4v) is 2.94. The van der Waals surface area contributed by atoms with Crippen molar-refractivity contribution in [2.75, 3.05) is 7.11 Å². The number of nitrogens with zero attached hydrogens (tertiary/aromatic N) is 1. The first-order chi connectivity index (χ1) is 11.1. The molecular weight excluding hydrogens is 292 g/mol. The molecule has 1 amide bonds. The molecule has 116 valence electrons. The number of nitrogens with two attached hydrogens (primary N) is 1. The molecule has 1 aliphatic rings. The maximum Gasteiger partial charge on any atom is 0.250 e. The summed E-state index contributed by atoms with van der Waals surface area (Å²) < 4.78 is 11.4. The molecule has 5 nitrogen and oxygen atoms in total. The second-order valence-corrected chi connectivity index (χ2v) is 5.37. The smallest absolute Gasteiger partial charge is 0.250 e. The molecule has 0 aromatic heterocycles. The third kappa shape index (κ3) is 2.77. The van der Waals surface area contributed by atoms with Gasteiger partial charge in [-0.3, -0.25) is 4.79 Å². The Labute approximate surface area is 134 Å². The Hall–Kier alpha value is -2.84. The van der Waals surface area contributed by atoms with Crippen LogP contribution >= 0.6 is 0 Å². The molecule has 2 aromatic rings. The Balaban J connectivity index is 1.95. The first-order valence-corrected chi connectivity index (χ1v) is 7.30. The lowest BCUT2D eigenvalue weighted by atomic mass is 10.1. The van der Waals surface area contributed by atoms with E-state index in [1.807, 2.05) is 24.3 Å². The summed E-state index contributed by atoms with van der Waals surface area (Å²) in [6, 6.07) is 12.5. The van der Waals surface area contributed by atoms with Gasteiger partial charge in [-0.15, -0.1) is 0 Å². The summed E-state index contributed by atoms with van der Waals surface area (Å²) in [7, 11) is 1.70. The van der Waals surface area contributed by atoms with Crippen LogP contribution in [0.3, 0.4) is 0 Å². The van der Waals surface area contributed by atoms with Crippen molar-refractivity contribution >= 4 is 5.91 Å².